The molecule has 1 aromatic rings. The van der Waals surface area contributed by atoms with E-state index in [9.17, 15) is 9.59 Å². The molecule has 3 N–H and O–H groups in total. The van der Waals surface area contributed by atoms with Gasteiger partial charge in [-0.1, -0.05) is 11.6 Å². The minimum absolute atomic E-state index is 0.0652. The number of urea groups is 1. The molecule has 6 nitrogen and oxygen atoms in total. The maximum atomic E-state index is 11.8. The summed E-state index contributed by atoms with van der Waals surface area (Å²) in [7, 11) is 0. The Bertz CT molecular complexity index is 530. The summed E-state index contributed by atoms with van der Waals surface area (Å²) in [6, 6.07) is 3.74. The Morgan fingerprint density at radius 3 is 2.90 bits per heavy atom. The van der Waals surface area contributed by atoms with Crippen LogP contribution in [0.15, 0.2) is 18.2 Å². The van der Waals surface area contributed by atoms with E-state index in [1.165, 1.54) is 18.2 Å². The number of nitrogens with one attached hydrogen (secondary N) is 2. The number of hydrogen-bond acceptors (Lipinski definition) is 3. The Balaban J connectivity index is 1.89. The summed E-state index contributed by atoms with van der Waals surface area (Å²) in [5.41, 5.74) is 0.337. The second kappa shape index (κ2) is 7.28. The molecule has 0 aliphatic carbocycles. The van der Waals surface area contributed by atoms with Crippen LogP contribution in [0.5, 0.6) is 0 Å². The molecule has 2 rings (SSSR count). The van der Waals surface area contributed by atoms with Crippen molar-refractivity contribution in [2.24, 2.45) is 5.92 Å². The van der Waals surface area contributed by atoms with Crippen molar-refractivity contribution >= 4 is 29.3 Å². The summed E-state index contributed by atoms with van der Waals surface area (Å²) < 4.78 is 5.34. The third-order valence-electron chi connectivity index (χ3n) is 3.27. The first kappa shape index (κ1) is 15.6. The van der Waals surface area contributed by atoms with Gasteiger partial charge in [-0.15, -0.1) is 0 Å². The molecule has 0 radical (unpaired) electrons. The minimum atomic E-state index is -1.07. The van der Waals surface area contributed by atoms with E-state index in [0.717, 1.165) is 19.4 Å². The number of carboxylic acid groups (broad SMARTS) is 1. The molecular weight excluding hydrogens is 296 g/mol. The minimum Gasteiger partial charge on any atom is -0.478 e. The van der Waals surface area contributed by atoms with Gasteiger partial charge in [0, 0.05) is 13.2 Å². The van der Waals surface area contributed by atoms with Crippen molar-refractivity contribution in [1.29, 1.82) is 0 Å². The number of aromatic carboxylic acids is 1. The fourth-order valence-electron chi connectivity index (χ4n) is 2.13. The van der Waals surface area contributed by atoms with Crippen molar-refractivity contribution in [1.82, 2.24) is 5.32 Å². The first-order valence-electron chi connectivity index (χ1n) is 6.71. The van der Waals surface area contributed by atoms with Gasteiger partial charge in [-0.3, -0.25) is 0 Å². The average molecular weight is 313 g/mol. The highest BCUT2D eigenvalue weighted by Gasteiger charge is 2.15. The van der Waals surface area contributed by atoms with Gasteiger partial charge in [0.1, 0.15) is 0 Å². The Morgan fingerprint density at radius 1 is 1.43 bits per heavy atom. The largest absolute Gasteiger partial charge is 0.478 e. The predicted octanol–water partition coefficient (Wildman–Crippen LogP) is 2.59. The normalized spacial score (nSPS) is 18.0. The van der Waals surface area contributed by atoms with Gasteiger partial charge in [0.05, 0.1) is 22.9 Å². The number of halogens is 1. The van der Waals surface area contributed by atoms with Gasteiger partial charge < -0.3 is 20.5 Å². The van der Waals surface area contributed by atoms with Crippen LogP contribution >= 0.6 is 11.6 Å². The number of amides is 2. The molecule has 0 spiro atoms. The summed E-state index contributed by atoms with van der Waals surface area (Å²) in [4.78, 5) is 22.7. The van der Waals surface area contributed by atoms with Crippen molar-refractivity contribution in [2.75, 3.05) is 25.1 Å². The average Bonchev–Trinajstić information content (AvgIpc) is 2.48. The van der Waals surface area contributed by atoms with Crippen LogP contribution in [0, 0.1) is 5.92 Å². The van der Waals surface area contributed by atoms with E-state index < -0.39 is 12.0 Å². The zero-order chi connectivity index (χ0) is 15.2. The fourth-order valence-corrected chi connectivity index (χ4v) is 2.29. The van der Waals surface area contributed by atoms with E-state index in [4.69, 9.17) is 21.4 Å². The summed E-state index contributed by atoms with van der Waals surface area (Å²) in [6.45, 7) is 1.94. The van der Waals surface area contributed by atoms with Crippen LogP contribution in [-0.4, -0.2) is 36.9 Å². The maximum absolute atomic E-state index is 11.8. The highest BCUT2D eigenvalue weighted by molar-refractivity contribution is 6.33. The standard InChI is InChI=1S/C14H17ClN2O4/c15-11-4-3-10(13(18)19)6-12(11)17-14(20)16-7-9-2-1-5-21-8-9/h3-4,6,9H,1-2,5,7-8H2,(H,18,19)(H2,16,17,20). The van der Waals surface area contributed by atoms with Crippen molar-refractivity contribution in [3.63, 3.8) is 0 Å². The highest BCUT2D eigenvalue weighted by atomic mass is 35.5. The number of hydrogen-bond donors (Lipinski definition) is 3. The molecule has 1 aromatic carbocycles. The molecule has 1 saturated heterocycles. The van der Waals surface area contributed by atoms with Crippen molar-refractivity contribution in [3.8, 4) is 0 Å². The smallest absolute Gasteiger partial charge is 0.335 e. The zero-order valence-electron chi connectivity index (χ0n) is 11.4. The van der Waals surface area contributed by atoms with Crippen molar-refractivity contribution in [2.45, 2.75) is 12.8 Å². The molecule has 7 heteroatoms. The Labute approximate surface area is 127 Å². The first-order valence-corrected chi connectivity index (χ1v) is 7.09. The van der Waals surface area contributed by atoms with Gasteiger partial charge in [-0.25, -0.2) is 9.59 Å². The zero-order valence-corrected chi connectivity index (χ0v) is 12.2. The molecule has 21 heavy (non-hydrogen) atoms. The maximum Gasteiger partial charge on any atom is 0.335 e. The molecule has 1 aliphatic rings. The molecule has 0 bridgehead atoms. The van der Waals surface area contributed by atoms with Crippen LogP contribution < -0.4 is 10.6 Å². The lowest BCUT2D eigenvalue weighted by Crippen LogP contribution is -2.36. The molecule has 0 aromatic heterocycles. The van der Waals surface area contributed by atoms with Crippen LogP contribution in [0.3, 0.4) is 0 Å². The van der Waals surface area contributed by atoms with E-state index in [0.29, 0.717) is 19.1 Å². The summed E-state index contributed by atoms with van der Waals surface area (Å²) >= 11 is 5.94. The van der Waals surface area contributed by atoms with Crippen LogP contribution in [0.25, 0.3) is 0 Å². The van der Waals surface area contributed by atoms with Crippen LogP contribution in [0.2, 0.25) is 5.02 Å². The lowest BCUT2D eigenvalue weighted by atomic mass is 10.0. The first-order chi connectivity index (χ1) is 10.1. The van der Waals surface area contributed by atoms with E-state index in [1.54, 1.807) is 0 Å². The number of carbonyl (C=O) groups excluding carboxylic acids is 1. The third-order valence-corrected chi connectivity index (χ3v) is 3.60. The molecule has 114 valence electrons. The van der Waals surface area contributed by atoms with Gasteiger partial charge in [0.25, 0.3) is 0 Å². The predicted molar refractivity (Wildman–Crippen MR) is 79.0 cm³/mol. The monoisotopic (exact) mass is 312 g/mol. The van der Waals surface area contributed by atoms with Gasteiger partial charge in [0.2, 0.25) is 0 Å². The molecule has 1 heterocycles. The number of ether oxygens (including phenoxy) is 1. The van der Waals surface area contributed by atoms with Gasteiger partial charge in [-0.05, 0) is 37.0 Å². The van der Waals surface area contributed by atoms with Gasteiger partial charge in [-0.2, -0.15) is 0 Å². The quantitative estimate of drug-likeness (QED) is 0.797. The molecule has 0 saturated carbocycles. The molecular formula is C14H17ClN2O4. The second-order valence-corrected chi connectivity index (χ2v) is 5.33. The number of carboxylic acids is 1. The topological polar surface area (TPSA) is 87.7 Å². The Hall–Kier alpha value is -1.79. The summed E-state index contributed by atoms with van der Waals surface area (Å²) in [5, 5.41) is 14.5. The summed E-state index contributed by atoms with van der Waals surface area (Å²) in [6.07, 6.45) is 2.02. The molecule has 1 unspecified atom stereocenters. The summed E-state index contributed by atoms with van der Waals surface area (Å²) in [5.74, 6) is -0.764. The highest BCUT2D eigenvalue weighted by Crippen LogP contribution is 2.23. The second-order valence-electron chi connectivity index (χ2n) is 4.92. The van der Waals surface area contributed by atoms with E-state index in [1.807, 2.05) is 0 Å². The number of rotatable bonds is 4. The van der Waals surface area contributed by atoms with Crippen molar-refractivity contribution < 1.29 is 19.4 Å². The SMILES string of the molecule is O=C(NCC1CCCOC1)Nc1cc(C(=O)O)ccc1Cl. The fraction of sp³-hybridized carbons (Fsp3) is 0.429. The van der Waals surface area contributed by atoms with Gasteiger partial charge in [0.15, 0.2) is 0 Å². The molecule has 1 atom stereocenters. The number of carbonyl (C=O) groups is 2. The lowest BCUT2D eigenvalue weighted by Gasteiger charge is -2.22. The lowest BCUT2D eigenvalue weighted by molar-refractivity contribution is 0.0559. The van der Waals surface area contributed by atoms with E-state index >= 15 is 0 Å². The number of benzene rings is 1. The Kier molecular flexibility index (Phi) is 5.41. The molecule has 1 fully saturated rings. The van der Waals surface area contributed by atoms with E-state index in [2.05, 4.69) is 10.6 Å². The molecule has 2 amide bonds. The van der Waals surface area contributed by atoms with E-state index in [-0.39, 0.29) is 16.3 Å². The van der Waals surface area contributed by atoms with Crippen LogP contribution in [0.1, 0.15) is 23.2 Å². The van der Waals surface area contributed by atoms with Crippen LogP contribution in [0.4, 0.5) is 10.5 Å². The number of anilines is 1. The molecule has 1 aliphatic heterocycles. The van der Waals surface area contributed by atoms with Crippen LogP contribution in [-0.2, 0) is 4.74 Å². The Morgan fingerprint density at radius 2 is 2.24 bits per heavy atom. The van der Waals surface area contributed by atoms with Gasteiger partial charge >= 0.3 is 12.0 Å². The third kappa shape index (κ3) is 4.61. The van der Waals surface area contributed by atoms with Crippen molar-refractivity contribution in [3.05, 3.63) is 28.8 Å².